The van der Waals surface area contributed by atoms with E-state index >= 15 is 0 Å². The Morgan fingerprint density at radius 3 is 0.781 bits per heavy atom. The molecule has 0 radical (unpaired) electrons. The normalized spacial score (nSPS) is 14.4. The number of carbonyl (C=O) groups is 4. The first-order valence-corrected chi connectivity index (χ1v) is 41.2. The molecule has 0 aliphatic rings. The van der Waals surface area contributed by atoms with Gasteiger partial charge in [0, 0.05) is 25.7 Å². The topological polar surface area (TPSA) is 237 Å². The zero-order chi connectivity index (χ0) is 70.4. The molecule has 0 fully saturated rings. The molecule has 0 saturated heterocycles. The van der Waals surface area contributed by atoms with Crippen molar-refractivity contribution in [3.63, 3.8) is 0 Å². The molecule has 0 aromatic rings. The van der Waals surface area contributed by atoms with E-state index in [2.05, 4.69) is 101 Å². The quantitative estimate of drug-likeness (QED) is 0.0128. The maximum atomic E-state index is 13.1. The average Bonchev–Trinajstić information content (AvgIpc) is 1.17. The van der Waals surface area contributed by atoms with Gasteiger partial charge in [0.05, 0.1) is 26.4 Å². The summed E-state index contributed by atoms with van der Waals surface area (Å²) in [7, 11) is -9.95. The fourth-order valence-electron chi connectivity index (χ4n) is 10.2. The van der Waals surface area contributed by atoms with Gasteiger partial charge in [-0.3, -0.25) is 37.3 Å². The molecular weight excluding hydrogens is 1260 g/mol. The highest BCUT2D eigenvalue weighted by Gasteiger charge is 2.30. The summed E-state index contributed by atoms with van der Waals surface area (Å²) in [5.41, 5.74) is 0. The summed E-state index contributed by atoms with van der Waals surface area (Å²) in [5, 5.41) is 10.6. The Bertz CT molecular complexity index is 2110. The Kier molecular flexibility index (Phi) is 67.4. The Balaban J connectivity index is 5.36. The third kappa shape index (κ3) is 69.0. The lowest BCUT2D eigenvalue weighted by molar-refractivity contribution is -0.161. The van der Waals surface area contributed by atoms with Crippen LogP contribution in [0.25, 0.3) is 0 Å². The van der Waals surface area contributed by atoms with E-state index in [1.54, 1.807) is 0 Å². The monoisotopic (exact) mass is 1400 g/mol. The minimum atomic E-state index is -4.97. The molecule has 0 bridgehead atoms. The molecule has 0 rings (SSSR count). The first-order valence-electron chi connectivity index (χ1n) is 38.2. The van der Waals surface area contributed by atoms with Gasteiger partial charge < -0.3 is 33.8 Å². The van der Waals surface area contributed by atoms with E-state index < -0.39 is 97.5 Å². The molecule has 0 aromatic carbocycles. The van der Waals surface area contributed by atoms with Gasteiger partial charge in [-0.15, -0.1) is 0 Å². The lowest BCUT2D eigenvalue weighted by atomic mass is 10.1. The number of phosphoric ester groups is 2. The summed E-state index contributed by atoms with van der Waals surface area (Å²) < 4.78 is 68.4. The van der Waals surface area contributed by atoms with Gasteiger partial charge in [-0.1, -0.05) is 255 Å². The molecule has 17 nitrogen and oxygen atoms in total. The van der Waals surface area contributed by atoms with Crippen LogP contribution in [0.5, 0.6) is 0 Å². The highest BCUT2D eigenvalue weighted by atomic mass is 31.2. The Labute approximate surface area is 583 Å². The van der Waals surface area contributed by atoms with Crippen LogP contribution in [0.4, 0.5) is 0 Å². The number of ether oxygens (including phenoxy) is 4. The van der Waals surface area contributed by atoms with E-state index in [4.69, 9.17) is 37.0 Å². The molecule has 0 spiro atoms. The van der Waals surface area contributed by atoms with Gasteiger partial charge in [0.1, 0.15) is 19.3 Å². The Morgan fingerprint density at radius 1 is 0.292 bits per heavy atom. The number of unbranched alkanes of at least 4 members (excludes halogenated alkanes) is 36. The average molecular weight is 1400 g/mol. The third-order valence-corrected chi connectivity index (χ3v) is 18.1. The van der Waals surface area contributed by atoms with Crippen molar-refractivity contribution in [2.45, 2.75) is 354 Å². The van der Waals surface area contributed by atoms with Crippen molar-refractivity contribution >= 4 is 39.5 Å². The molecule has 558 valence electrons. The molecule has 3 N–H and O–H groups in total. The molecule has 0 saturated carbocycles. The first-order chi connectivity index (χ1) is 46.7. The van der Waals surface area contributed by atoms with Crippen LogP contribution in [0.2, 0.25) is 0 Å². The molecule has 0 amide bonds. The van der Waals surface area contributed by atoms with E-state index in [1.165, 1.54) is 103 Å². The van der Waals surface area contributed by atoms with Gasteiger partial charge in [-0.25, -0.2) is 9.13 Å². The van der Waals surface area contributed by atoms with Gasteiger partial charge in [0.2, 0.25) is 0 Å². The molecule has 0 aliphatic heterocycles. The second-order valence-electron chi connectivity index (χ2n) is 25.6. The molecule has 19 heteroatoms. The van der Waals surface area contributed by atoms with Crippen molar-refractivity contribution in [1.82, 2.24) is 0 Å². The predicted octanol–water partition coefficient (Wildman–Crippen LogP) is 21.7. The Morgan fingerprint density at radius 2 is 0.510 bits per heavy atom. The largest absolute Gasteiger partial charge is 0.472 e. The smallest absolute Gasteiger partial charge is 0.462 e. The molecule has 0 aromatic heterocycles. The zero-order valence-corrected chi connectivity index (χ0v) is 62.6. The summed E-state index contributed by atoms with van der Waals surface area (Å²) in [6.07, 6.45) is 68.9. The number of allylic oxidation sites excluding steroid dienone is 12. The van der Waals surface area contributed by atoms with Gasteiger partial charge in [-0.05, 0) is 128 Å². The summed E-state index contributed by atoms with van der Waals surface area (Å²) in [5.74, 6) is -2.21. The summed E-state index contributed by atoms with van der Waals surface area (Å²) >= 11 is 0. The van der Waals surface area contributed by atoms with Crippen LogP contribution in [0.1, 0.15) is 336 Å². The second kappa shape index (κ2) is 70.0. The van der Waals surface area contributed by atoms with Crippen molar-refractivity contribution in [2.24, 2.45) is 0 Å². The van der Waals surface area contributed by atoms with Gasteiger partial charge in [-0.2, -0.15) is 0 Å². The number of aliphatic hydroxyl groups excluding tert-OH is 1. The van der Waals surface area contributed by atoms with Crippen LogP contribution in [-0.4, -0.2) is 96.7 Å². The van der Waals surface area contributed by atoms with Crippen molar-refractivity contribution < 1.29 is 80.2 Å². The lowest BCUT2D eigenvalue weighted by Gasteiger charge is -2.21. The summed E-state index contributed by atoms with van der Waals surface area (Å²) in [6, 6.07) is 0. The predicted molar refractivity (Wildman–Crippen MR) is 390 cm³/mol. The van der Waals surface area contributed by atoms with E-state index in [9.17, 15) is 43.2 Å². The minimum absolute atomic E-state index is 0.0779. The van der Waals surface area contributed by atoms with Gasteiger partial charge in [0.25, 0.3) is 0 Å². The number of hydrogen-bond donors (Lipinski definition) is 3. The number of phosphoric acid groups is 2. The maximum Gasteiger partial charge on any atom is 0.472 e. The van der Waals surface area contributed by atoms with Crippen molar-refractivity contribution in [1.29, 1.82) is 0 Å². The molecule has 2 unspecified atom stereocenters. The molecule has 0 heterocycles. The van der Waals surface area contributed by atoms with Crippen molar-refractivity contribution in [3.05, 3.63) is 72.9 Å². The number of hydrogen-bond acceptors (Lipinski definition) is 15. The third-order valence-electron chi connectivity index (χ3n) is 16.2. The fourth-order valence-corrected chi connectivity index (χ4v) is 11.8. The highest BCUT2D eigenvalue weighted by molar-refractivity contribution is 7.47. The zero-order valence-electron chi connectivity index (χ0n) is 60.8. The Hall–Kier alpha value is -3.50. The summed E-state index contributed by atoms with van der Waals surface area (Å²) in [6.45, 7) is 4.78. The summed E-state index contributed by atoms with van der Waals surface area (Å²) in [4.78, 5) is 72.8. The molecular formula is C77H138O17P2. The van der Waals surface area contributed by atoms with Gasteiger partial charge in [0.15, 0.2) is 12.2 Å². The second-order valence-corrected chi connectivity index (χ2v) is 28.5. The van der Waals surface area contributed by atoms with E-state index in [-0.39, 0.29) is 25.7 Å². The number of esters is 4. The van der Waals surface area contributed by atoms with Crippen LogP contribution in [0, 0.1) is 0 Å². The van der Waals surface area contributed by atoms with Crippen LogP contribution >= 0.6 is 15.6 Å². The lowest BCUT2D eigenvalue weighted by Crippen LogP contribution is -2.30. The van der Waals surface area contributed by atoms with Gasteiger partial charge >= 0.3 is 39.5 Å². The van der Waals surface area contributed by atoms with Crippen LogP contribution in [-0.2, 0) is 65.4 Å². The maximum absolute atomic E-state index is 13.1. The molecule has 96 heavy (non-hydrogen) atoms. The van der Waals surface area contributed by atoms with Crippen molar-refractivity contribution in [3.8, 4) is 0 Å². The fraction of sp³-hybridized carbons (Fsp3) is 0.792. The minimum Gasteiger partial charge on any atom is -0.462 e. The van der Waals surface area contributed by atoms with Crippen LogP contribution in [0.3, 0.4) is 0 Å². The van der Waals surface area contributed by atoms with Crippen LogP contribution in [0.15, 0.2) is 72.9 Å². The molecule has 0 aliphatic carbocycles. The molecule has 5 atom stereocenters. The number of aliphatic hydroxyl groups is 1. The first kappa shape index (κ1) is 92.5. The number of rotatable bonds is 72. The van der Waals surface area contributed by atoms with E-state index in [0.717, 1.165) is 154 Å². The number of carbonyl (C=O) groups excluding carboxylic acids is 4. The van der Waals surface area contributed by atoms with Crippen LogP contribution < -0.4 is 0 Å². The van der Waals surface area contributed by atoms with E-state index in [0.29, 0.717) is 25.7 Å². The standard InChI is InChI=1S/C77H138O17P2/c1-5-9-13-17-21-25-29-33-35-39-42-46-50-54-58-62-75(80)88-68-72(93-76(81)63-59-55-51-47-43-38-32-28-24-20-16-12-8-4)69-91-95(83,84)89-65-71(78)66-90-96(85,86)92-70-73(67-87-74(79)61-57-53-49-45-41-37-31-27-23-19-15-11-7-3)94-77(82)64-60-56-52-48-44-40-36-34-30-26-22-18-14-10-6-2/h25-36,71-73,78H,5-24,37-70H2,1-4H3,(H,83,84)(H,85,86)/b29-25-,30-26-,31-27-,32-28-,35-33-,36-34-/t71-,72-,73-/m1/s1. The van der Waals surface area contributed by atoms with Crippen molar-refractivity contribution in [2.75, 3.05) is 39.6 Å². The highest BCUT2D eigenvalue weighted by Crippen LogP contribution is 2.45. The SMILES string of the molecule is CCCCCC/C=C\C=C/CCCCCCCC(=O)OC[C@H](COP(=O)(O)OC[C@@H](O)COP(=O)(O)OC[C@@H](COC(=O)CCCCCCC/C=C\CCCCCC)OC(=O)CCCCCCC/C=C\C=C/CCCCCC)OC(=O)CCCCCCC/C=C\CCCCCC. The van der Waals surface area contributed by atoms with E-state index in [1.807, 2.05) is 0 Å².